The quantitative estimate of drug-likeness (QED) is 0.883. The number of carbonyl (C=O) groups excluding carboxylic acids is 1. The number of halogens is 3. The molecule has 0 spiro atoms. The van der Waals surface area contributed by atoms with E-state index in [1.807, 2.05) is 30.3 Å². The number of carbonyl (C=O) groups is 1. The zero-order chi connectivity index (χ0) is 13.9. The summed E-state index contributed by atoms with van der Waals surface area (Å²) in [4.78, 5) is 15.4. The summed E-state index contributed by atoms with van der Waals surface area (Å²) in [6.07, 6.45) is 0. The molecule has 0 atom stereocenters. The van der Waals surface area contributed by atoms with E-state index in [1.54, 1.807) is 0 Å². The van der Waals surface area contributed by atoms with Crippen molar-refractivity contribution in [1.82, 2.24) is 15.5 Å². The highest BCUT2D eigenvalue weighted by atomic mass is 35.6. The lowest BCUT2D eigenvalue weighted by molar-refractivity contribution is -0.120. The Hall–Kier alpha value is -1.30. The molecule has 0 radical (unpaired) electrons. The summed E-state index contributed by atoms with van der Waals surface area (Å²) in [6, 6.07) is 9.28. The summed E-state index contributed by atoms with van der Waals surface area (Å²) in [5.41, 5.74) is 0.810. The lowest BCUT2D eigenvalue weighted by Gasteiger charge is -2.09. The van der Waals surface area contributed by atoms with E-state index in [-0.39, 0.29) is 12.4 Å². The standard InChI is InChI=1S/C11H8Cl3N3O2/c12-11(13,14)10(18)15-6-8-16-9(17-19-8)7-4-2-1-3-5-7/h1-5H,6H2,(H,15,18). The van der Waals surface area contributed by atoms with Gasteiger partial charge in [-0.05, 0) is 0 Å². The van der Waals surface area contributed by atoms with Crippen LogP contribution in [0.4, 0.5) is 0 Å². The number of aromatic nitrogens is 2. The third-order valence-electron chi connectivity index (χ3n) is 2.16. The lowest BCUT2D eigenvalue weighted by atomic mass is 10.2. The van der Waals surface area contributed by atoms with Crippen LogP contribution in [0.2, 0.25) is 0 Å². The van der Waals surface area contributed by atoms with Gasteiger partial charge in [0.15, 0.2) is 0 Å². The number of hydrogen-bond donors (Lipinski definition) is 1. The largest absolute Gasteiger partial charge is 0.343 e. The number of hydrogen-bond acceptors (Lipinski definition) is 4. The molecule has 1 amide bonds. The fraction of sp³-hybridized carbons (Fsp3) is 0.182. The molecule has 0 saturated carbocycles. The predicted octanol–water partition coefficient (Wildman–Crippen LogP) is 2.72. The van der Waals surface area contributed by atoms with E-state index < -0.39 is 9.70 Å². The lowest BCUT2D eigenvalue weighted by Crippen LogP contribution is -2.34. The van der Waals surface area contributed by atoms with E-state index in [1.165, 1.54) is 0 Å². The molecule has 2 aromatic rings. The molecule has 0 aliphatic heterocycles. The number of rotatable bonds is 3. The number of benzene rings is 1. The first kappa shape index (κ1) is 14.1. The Kier molecular flexibility index (Phi) is 4.29. The van der Waals surface area contributed by atoms with E-state index >= 15 is 0 Å². The van der Waals surface area contributed by atoms with Gasteiger partial charge < -0.3 is 9.84 Å². The monoisotopic (exact) mass is 319 g/mol. The number of nitrogens with zero attached hydrogens (tertiary/aromatic N) is 2. The maximum Gasteiger partial charge on any atom is 0.272 e. The SMILES string of the molecule is O=C(NCc1nc(-c2ccccc2)no1)C(Cl)(Cl)Cl. The van der Waals surface area contributed by atoms with Gasteiger partial charge in [-0.1, -0.05) is 70.3 Å². The molecule has 0 fully saturated rings. The van der Waals surface area contributed by atoms with E-state index in [0.717, 1.165) is 5.56 Å². The third-order valence-corrected chi connectivity index (χ3v) is 2.67. The van der Waals surface area contributed by atoms with Crippen LogP contribution in [0.5, 0.6) is 0 Å². The van der Waals surface area contributed by atoms with Gasteiger partial charge in [0.1, 0.15) is 0 Å². The van der Waals surface area contributed by atoms with Crippen molar-refractivity contribution in [3.05, 3.63) is 36.2 Å². The second-order valence-corrected chi connectivity index (χ2v) is 5.84. The average molecular weight is 321 g/mol. The minimum atomic E-state index is -2.01. The Balaban J connectivity index is 2.01. The molecule has 1 aromatic carbocycles. The van der Waals surface area contributed by atoms with Crippen LogP contribution in [-0.2, 0) is 11.3 Å². The summed E-state index contributed by atoms with van der Waals surface area (Å²) in [5.74, 6) is -0.0999. The molecule has 100 valence electrons. The molecule has 5 nitrogen and oxygen atoms in total. The van der Waals surface area contributed by atoms with Crippen molar-refractivity contribution in [2.24, 2.45) is 0 Å². The summed E-state index contributed by atoms with van der Waals surface area (Å²) >= 11 is 16.2. The van der Waals surface area contributed by atoms with Crippen LogP contribution in [-0.4, -0.2) is 19.8 Å². The van der Waals surface area contributed by atoms with Crippen molar-refractivity contribution in [1.29, 1.82) is 0 Å². The van der Waals surface area contributed by atoms with E-state index in [4.69, 9.17) is 39.3 Å². The van der Waals surface area contributed by atoms with Crippen LogP contribution in [0, 0.1) is 0 Å². The van der Waals surface area contributed by atoms with Gasteiger partial charge in [0.2, 0.25) is 11.7 Å². The zero-order valence-corrected chi connectivity index (χ0v) is 11.7. The molecule has 0 aliphatic rings. The van der Waals surface area contributed by atoms with Gasteiger partial charge in [0.05, 0.1) is 6.54 Å². The first-order chi connectivity index (χ1) is 8.97. The van der Waals surface area contributed by atoms with Crippen LogP contribution < -0.4 is 5.32 Å². The Morgan fingerprint density at radius 2 is 1.95 bits per heavy atom. The fourth-order valence-electron chi connectivity index (χ4n) is 1.29. The van der Waals surface area contributed by atoms with Gasteiger partial charge in [-0.2, -0.15) is 4.98 Å². The highest BCUT2D eigenvalue weighted by molar-refractivity contribution is 6.76. The molecule has 2 rings (SSSR count). The van der Waals surface area contributed by atoms with Gasteiger partial charge in [-0.15, -0.1) is 0 Å². The van der Waals surface area contributed by atoms with Gasteiger partial charge in [0, 0.05) is 5.56 Å². The number of alkyl halides is 3. The first-order valence-electron chi connectivity index (χ1n) is 5.20. The summed E-state index contributed by atoms with van der Waals surface area (Å²) < 4.78 is 2.97. The summed E-state index contributed by atoms with van der Waals surface area (Å²) in [7, 11) is 0. The van der Waals surface area contributed by atoms with E-state index in [9.17, 15) is 4.79 Å². The van der Waals surface area contributed by atoms with Crippen molar-refractivity contribution in [2.45, 2.75) is 10.3 Å². The fourth-order valence-corrected chi connectivity index (χ4v) is 1.49. The van der Waals surface area contributed by atoms with Crippen molar-refractivity contribution in [3.63, 3.8) is 0 Å². The van der Waals surface area contributed by atoms with Gasteiger partial charge >= 0.3 is 0 Å². The topological polar surface area (TPSA) is 68.0 Å². The second-order valence-electron chi connectivity index (χ2n) is 3.56. The van der Waals surface area contributed by atoms with Gasteiger partial charge in [-0.25, -0.2) is 0 Å². The first-order valence-corrected chi connectivity index (χ1v) is 6.33. The van der Waals surface area contributed by atoms with Crippen LogP contribution >= 0.6 is 34.8 Å². The molecular formula is C11H8Cl3N3O2. The van der Waals surface area contributed by atoms with Crippen LogP contribution in [0.1, 0.15) is 5.89 Å². The Morgan fingerprint density at radius 1 is 1.26 bits per heavy atom. The molecule has 0 unspecified atom stereocenters. The van der Waals surface area contributed by atoms with E-state index in [0.29, 0.717) is 5.82 Å². The molecule has 0 saturated heterocycles. The number of nitrogens with one attached hydrogen (secondary N) is 1. The average Bonchev–Trinajstić information content (AvgIpc) is 2.84. The van der Waals surface area contributed by atoms with E-state index in [2.05, 4.69) is 15.5 Å². The smallest absolute Gasteiger partial charge is 0.272 e. The Bertz CT molecular complexity index is 566. The molecule has 1 aromatic heterocycles. The Morgan fingerprint density at radius 3 is 2.58 bits per heavy atom. The minimum Gasteiger partial charge on any atom is -0.343 e. The molecule has 8 heteroatoms. The van der Waals surface area contributed by atoms with Gasteiger partial charge in [0.25, 0.3) is 9.70 Å². The molecule has 0 bridgehead atoms. The molecule has 1 N–H and O–H groups in total. The molecule has 19 heavy (non-hydrogen) atoms. The zero-order valence-electron chi connectivity index (χ0n) is 9.44. The van der Waals surface area contributed by atoms with Crippen molar-refractivity contribution in [2.75, 3.05) is 0 Å². The molecular weight excluding hydrogens is 312 g/mol. The summed E-state index contributed by atoms with van der Waals surface area (Å²) in [5, 5.41) is 6.16. The predicted molar refractivity (Wildman–Crippen MR) is 71.9 cm³/mol. The maximum absolute atomic E-state index is 11.3. The maximum atomic E-state index is 11.3. The van der Waals surface area contributed by atoms with Crippen LogP contribution in [0.25, 0.3) is 11.4 Å². The van der Waals surface area contributed by atoms with Gasteiger partial charge in [-0.3, -0.25) is 4.79 Å². The Labute approximate surface area is 123 Å². The normalized spacial score (nSPS) is 11.3. The molecule has 0 aliphatic carbocycles. The van der Waals surface area contributed by atoms with Crippen molar-refractivity contribution in [3.8, 4) is 11.4 Å². The second kappa shape index (κ2) is 5.77. The minimum absolute atomic E-state index is 0.00736. The van der Waals surface area contributed by atoms with Crippen LogP contribution in [0.3, 0.4) is 0 Å². The number of amides is 1. The summed E-state index contributed by atoms with van der Waals surface area (Å²) in [6.45, 7) is -0.00736. The van der Waals surface area contributed by atoms with Crippen LogP contribution in [0.15, 0.2) is 34.9 Å². The highest BCUT2D eigenvalue weighted by Gasteiger charge is 2.30. The molecule has 1 heterocycles. The third kappa shape index (κ3) is 3.83. The highest BCUT2D eigenvalue weighted by Crippen LogP contribution is 2.25. The van der Waals surface area contributed by atoms with Crippen molar-refractivity contribution < 1.29 is 9.32 Å². The van der Waals surface area contributed by atoms with Crippen molar-refractivity contribution >= 4 is 40.7 Å².